The lowest BCUT2D eigenvalue weighted by Gasteiger charge is -2.15. The molecular weight excluding hydrogens is 156 g/mol. The Hall–Kier alpha value is -0.520. The molecule has 74 valence electrons. The van der Waals surface area contributed by atoms with Gasteiger partial charge in [0.2, 0.25) is 0 Å². The number of hydrogen-bond acceptors (Lipinski definition) is 0. The van der Waals surface area contributed by atoms with Crippen molar-refractivity contribution in [3.05, 3.63) is 23.3 Å². The summed E-state index contributed by atoms with van der Waals surface area (Å²) >= 11 is 0. The summed E-state index contributed by atoms with van der Waals surface area (Å²) in [4.78, 5) is 0. The Balaban J connectivity index is 2.81. The molecule has 0 nitrogen and oxygen atoms in total. The Morgan fingerprint density at radius 2 is 1.85 bits per heavy atom. The van der Waals surface area contributed by atoms with Crippen LogP contribution in [0.2, 0.25) is 0 Å². The zero-order chi connectivity index (χ0) is 9.84. The van der Waals surface area contributed by atoms with Crippen molar-refractivity contribution >= 4 is 0 Å². The average Bonchev–Trinajstić information content (AvgIpc) is 2.16. The first-order valence-electron chi connectivity index (χ1n) is 5.48. The van der Waals surface area contributed by atoms with E-state index in [-0.39, 0.29) is 0 Å². The molecule has 0 saturated heterocycles. The van der Waals surface area contributed by atoms with E-state index in [1.54, 1.807) is 5.57 Å². The summed E-state index contributed by atoms with van der Waals surface area (Å²) < 4.78 is 0. The van der Waals surface area contributed by atoms with Crippen molar-refractivity contribution in [3.8, 4) is 0 Å². The lowest BCUT2D eigenvalue weighted by molar-refractivity contribution is 0.558. The van der Waals surface area contributed by atoms with E-state index in [1.807, 2.05) is 0 Å². The maximum atomic E-state index is 4.21. The van der Waals surface area contributed by atoms with Gasteiger partial charge in [0.1, 0.15) is 0 Å². The smallest absolute Gasteiger partial charge is 0.0194 e. The molecule has 0 aromatic carbocycles. The zero-order valence-corrected chi connectivity index (χ0v) is 9.32. The van der Waals surface area contributed by atoms with E-state index in [2.05, 4.69) is 27.4 Å². The van der Waals surface area contributed by atoms with E-state index in [0.29, 0.717) is 5.92 Å². The molecule has 0 fully saturated rings. The van der Waals surface area contributed by atoms with Gasteiger partial charge in [0.05, 0.1) is 0 Å². The van der Waals surface area contributed by atoms with Crippen molar-refractivity contribution in [3.63, 3.8) is 0 Å². The largest absolute Gasteiger partial charge is 0.0953 e. The molecule has 1 rings (SSSR count). The normalized spacial score (nSPS) is 26.7. The summed E-state index contributed by atoms with van der Waals surface area (Å²) in [6.45, 7) is 11.0. The van der Waals surface area contributed by atoms with Gasteiger partial charge in [-0.2, -0.15) is 0 Å². The van der Waals surface area contributed by atoms with Crippen LogP contribution in [0.5, 0.6) is 0 Å². The third kappa shape index (κ3) is 2.72. The van der Waals surface area contributed by atoms with Crippen LogP contribution in [0.4, 0.5) is 0 Å². The van der Waals surface area contributed by atoms with Gasteiger partial charge < -0.3 is 0 Å². The van der Waals surface area contributed by atoms with Crippen LogP contribution >= 0.6 is 0 Å². The van der Waals surface area contributed by atoms with Crippen LogP contribution in [-0.2, 0) is 0 Å². The van der Waals surface area contributed by atoms with Gasteiger partial charge in [0.25, 0.3) is 0 Å². The second kappa shape index (κ2) is 4.64. The molecule has 0 radical (unpaired) electrons. The highest BCUT2D eigenvalue weighted by molar-refractivity contribution is 5.32. The van der Waals surface area contributed by atoms with Gasteiger partial charge in [-0.3, -0.25) is 0 Å². The first-order valence-corrected chi connectivity index (χ1v) is 5.48. The van der Waals surface area contributed by atoms with Crippen molar-refractivity contribution in [2.24, 2.45) is 5.92 Å². The van der Waals surface area contributed by atoms with Crippen molar-refractivity contribution in [1.82, 2.24) is 0 Å². The molecule has 0 aliphatic heterocycles. The summed E-state index contributed by atoms with van der Waals surface area (Å²) in [5, 5.41) is 0. The van der Waals surface area contributed by atoms with Crippen molar-refractivity contribution in [2.75, 3.05) is 0 Å². The van der Waals surface area contributed by atoms with E-state index < -0.39 is 0 Å². The van der Waals surface area contributed by atoms with E-state index in [4.69, 9.17) is 0 Å². The fourth-order valence-corrected chi connectivity index (χ4v) is 2.02. The Bertz CT molecular complexity index is 220. The number of hydrogen-bond donors (Lipinski definition) is 0. The number of rotatable bonds is 0. The van der Waals surface area contributed by atoms with Gasteiger partial charge in [-0.25, -0.2) is 0 Å². The van der Waals surface area contributed by atoms with Gasteiger partial charge in [-0.05, 0) is 50.2 Å². The standard InChI is InChI=1S/C13H22/c1-10-8-6-5-7-9-11(2)13(4)12(10)3/h10H,3,5-9H2,1-2,4H3. The molecule has 1 aliphatic carbocycles. The molecule has 0 saturated carbocycles. The van der Waals surface area contributed by atoms with Gasteiger partial charge in [0.15, 0.2) is 0 Å². The van der Waals surface area contributed by atoms with E-state index in [0.717, 1.165) is 0 Å². The third-order valence-electron chi connectivity index (χ3n) is 3.41. The SMILES string of the molecule is C=C1C(C)=C(C)CCCCCC1C. The topological polar surface area (TPSA) is 0 Å². The Morgan fingerprint density at radius 1 is 1.15 bits per heavy atom. The maximum absolute atomic E-state index is 4.21. The van der Waals surface area contributed by atoms with Gasteiger partial charge in [-0.1, -0.05) is 31.9 Å². The lowest BCUT2D eigenvalue weighted by Crippen LogP contribution is -2.00. The minimum Gasteiger partial charge on any atom is -0.0953 e. The number of allylic oxidation sites excluding steroid dienone is 3. The minimum atomic E-state index is 0.688. The predicted molar refractivity (Wildman–Crippen MR) is 59.8 cm³/mol. The summed E-state index contributed by atoms with van der Waals surface area (Å²) in [5.74, 6) is 0.688. The molecule has 1 unspecified atom stereocenters. The molecule has 13 heavy (non-hydrogen) atoms. The van der Waals surface area contributed by atoms with Crippen LogP contribution in [0.25, 0.3) is 0 Å². The monoisotopic (exact) mass is 178 g/mol. The second-order valence-corrected chi connectivity index (χ2v) is 4.43. The van der Waals surface area contributed by atoms with Crippen LogP contribution in [0.1, 0.15) is 52.9 Å². The summed E-state index contributed by atoms with van der Waals surface area (Å²) in [5.41, 5.74) is 4.40. The van der Waals surface area contributed by atoms with Crippen LogP contribution in [0.15, 0.2) is 23.3 Å². The molecule has 0 N–H and O–H groups in total. The summed E-state index contributed by atoms with van der Waals surface area (Å²) in [6, 6.07) is 0. The maximum Gasteiger partial charge on any atom is -0.0194 e. The highest BCUT2D eigenvalue weighted by Crippen LogP contribution is 2.28. The molecule has 0 spiro atoms. The highest BCUT2D eigenvalue weighted by atomic mass is 14.2. The summed E-state index contributed by atoms with van der Waals surface area (Å²) in [7, 11) is 0. The first kappa shape index (κ1) is 10.6. The van der Waals surface area contributed by atoms with Crippen LogP contribution in [-0.4, -0.2) is 0 Å². The fraction of sp³-hybridized carbons (Fsp3) is 0.692. The quantitative estimate of drug-likeness (QED) is 0.513. The molecule has 1 atom stereocenters. The van der Waals surface area contributed by atoms with Crippen LogP contribution in [0, 0.1) is 5.92 Å². The first-order chi connectivity index (χ1) is 6.13. The molecule has 0 amide bonds. The van der Waals surface area contributed by atoms with Gasteiger partial charge in [-0.15, -0.1) is 0 Å². The second-order valence-electron chi connectivity index (χ2n) is 4.43. The van der Waals surface area contributed by atoms with E-state index in [9.17, 15) is 0 Å². The van der Waals surface area contributed by atoms with Crippen molar-refractivity contribution in [2.45, 2.75) is 52.9 Å². The van der Waals surface area contributed by atoms with Crippen LogP contribution < -0.4 is 0 Å². The van der Waals surface area contributed by atoms with Gasteiger partial charge in [0, 0.05) is 0 Å². The minimum absolute atomic E-state index is 0.688. The molecule has 0 aromatic rings. The summed E-state index contributed by atoms with van der Waals surface area (Å²) in [6.07, 6.45) is 6.73. The Kier molecular flexibility index (Phi) is 3.77. The zero-order valence-electron chi connectivity index (χ0n) is 9.32. The molecule has 0 bridgehead atoms. The molecule has 0 aromatic heterocycles. The lowest BCUT2D eigenvalue weighted by atomic mass is 9.90. The molecule has 0 heteroatoms. The Morgan fingerprint density at radius 3 is 2.54 bits per heavy atom. The van der Waals surface area contributed by atoms with Crippen molar-refractivity contribution in [1.29, 1.82) is 0 Å². The molecule has 1 aliphatic rings. The predicted octanol–water partition coefficient (Wildman–Crippen LogP) is 4.48. The van der Waals surface area contributed by atoms with Crippen LogP contribution in [0.3, 0.4) is 0 Å². The fourth-order valence-electron chi connectivity index (χ4n) is 2.02. The van der Waals surface area contributed by atoms with Gasteiger partial charge >= 0.3 is 0 Å². The third-order valence-corrected chi connectivity index (χ3v) is 3.41. The Labute approximate surface area is 82.7 Å². The average molecular weight is 178 g/mol. The van der Waals surface area contributed by atoms with Crippen molar-refractivity contribution < 1.29 is 0 Å². The molecule has 0 heterocycles. The van der Waals surface area contributed by atoms with E-state index >= 15 is 0 Å². The van der Waals surface area contributed by atoms with E-state index in [1.165, 1.54) is 43.3 Å². The highest BCUT2D eigenvalue weighted by Gasteiger charge is 2.12. The molecular formula is C13H22.